The van der Waals surface area contributed by atoms with Crippen LogP contribution in [-0.4, -0.2) is 48.0 Å². The Bertz CT molecular complexity index is 518. The number of Topliss-reactive ketones (excluding diaryl/α,β-unsaturated/α-hetero) is 2. The van der Waals surface area contributed by atoms with Crippen LogP contribution in [0.15, 0.2) is 0 Å². The van der Waals surface area contributed by atoms with Crippen LogP contribution in [0, 0.1) is 17.3 Å². The first kappa shape index (κ1) is 21.5. The smallest absolute Gasteiger partial charge is 0.233 e. The summed E-state index contributed by atoms with van der Waals surface area (Å²) in [6, 6.07) is 0. The molecule has 0 spiro atoms. The fourth-order valence-corrected chi connectivity index (χ4v) is 2.66. The normalized spacial score (nSPS) is 18.3. The number of likely N-dealkylation sites (tertiary alicyclic amines) is 1. The maximum atomic E-state index is 12.1. The fourth-order valence-electron chi connectivity index (χ4n) is 2.66. The van der Waals surface area contributed by atoms with Crippen molar-refractivity contribution in [3.63, 3.8) is 0 Å². The van der Waals surface area contributed by atoms with Crippen molar-refractivity contribution < 1.29 is 23.9 Å². The van der Waals surface area contributed by atoms with E-state index in [2.05, 4.69) is 0 Å². The Hall–Kier alpha value is -1.56. The van der Waals surface area contributed by atoms with E-state index in [4.69, 9.17) is 4.74 Å². The van der Waals surface area contributed by atoms with E-state index in [9.17, 15) is 19.2 Å². The maximum absolute atomic E-state index is 12.1. The number of carbonyl (C=O) groups is 4. The van der Waals surface area contributed by atoms with Crippen molar-refractivity contribution in [3.8, 4) is 0 Å². The molecule has 1 heterocycles. The molecule has 0 bridgehead atoms. The van der Waals surface area contributed by atoms with Crippen LogP contribution in [0.2, 0.25) is 0 Å². The number of hydrogen-bond acceptors (Lipinski definition) is 5. The van der Waals surface area contributed by atoms with Gasteiger partial charge in [0.15, 0.2) is 5.78 Å². The predicted molar refractivity (Wildman–Crippen MR) is 93.8 cm³/mol. The molecule has 0 aliphatic carbocycles. The summed E-state index contributed by atoms with van der Waals surface area (Å²) >= 11 is 0. The first-order chi connectivity index (χ1) is 11.5. The topological polar surface area (TPSA) is 80.8 Å². The van der Waals surface area contributed by atoms with Crippen LogP contribution in [0.25, 0.3) is 0 Å². The number of carbonyl (C=O) groups excluding carboxylic acids is 4. The van der Waals surface area contributed by atoms with Crippen molar-refractivity contribution in [2.45, 2.75) is 60.3 Å². The van der Waals surface area contributed by atoms with Gasteiger partial charge in [-0.2, -0.15) is 0 Å². The third kappa shape index (κ3) is 6.69. The number of imide groups is 1. The van der Waals surface area contributed by atoms with E-state index in [-0.39, 0.29) is 60.0 Å². The van der Waals surface area contributed by atoms with Gasteiger partial charge in [-0.1, -0.05) is 34.6 Å². The molecule has 0 N–H and O–H groups in total. The van der Waals surface area contributed by atoms with E-state index in [1.54, 1.807) is 0 Å². The van der Waals surface area contributed by atoms with Gasteiger partial charge in [0.05, 0.1) is 13.2 Å². The number of ketones is 2. The molecule has 1 aliphatic heterocycles. The second kappa shape index (κ2) is 9.22. The lowest BCUT2D eigenvalue weighted by molar-refractivity contribution is -0.143. The van der Waals surface area contributed by atoms with Gasteiger partial charge in [-0.25, -0.2) is 0 Å². The molecule has 1 rings (SSSR count). The molecular formula is C19H31NO5. The van der Waals surface area contributed by atoms with Gasteiger partial charge in [-0.15, -0.1) is 0 Å². The van der Waals surface area contributed by atoms with Gasteiger partial charge >= 0.3 is 0 Å². The quantitative estimate of drug-likeness (QED) is 0.445. The standard InChI is InChI=1S/C19H31NO5/c1-13(2)15-11-17(23)20(18(15)24)12-14(21)7-6-9-25-10-8-16(22)19(3,4)5/h13,15H,6-12H2,1-5H3. The lowest BCUT2D eigenvalue weighted by Gasteiger charge is -2.16. The third-order valence-corrected chi connectivity index (χ3v) is 4.47. The van der Waals surface area contributed by atoms with Crippen molar-refractivity contribution in [1.82, 2.24) is 4.90 Å². The van der Waals surface area contributed by atoms with Crippen LogP contribution < -0.4 is 0 Å². The molecule has 1 saturated heterocycles. The highest BCUT2D eigenvalue weighted by Crippen LogP contribution is 2.26. The van der Waals surface area contributed by atoms with Crippen molar-refractivity contribution in [3.05, 3.63) is 0 Å². The van der Waals surface area contributed by atoms with Gasteiger partial charge in [-0.05, 0) is 12.3 Å². The lowest BCUT2D eigenvalue weighted by atomic mass is 9.89. The Morgan fingerprint density at radius 2 is 1.80 bits per heavy atom. The fraction of sp³-hybridized carbons (Fsp3) is 0.789. The van der Waals surface area contributed by atoms with E-state index in [0.29, 0.717) is 26.1 Å². The first-order valence-electron chi connectivity index (χ1n) is 9.01. The van der Waals surface area contributed by atoms with Gasteiger partial charge in [0.25, 0.3) is 0 Å². The zero-order chi connectivity index (χ0) is 19.2. The molecule has 6 heteroatoms. The van der Waals surface area contributed by atoms with Crippen molar-refractivity contribution in [1.29, 1.82) is 0 Å². The van der Waals surface area contributed by atoms with Crippen LogP contribution in [0.4, 0.5) is 0 Å². The molecular weight excluding hydrogens is 322 g/mol. The Morgan fingerprint density at radius 3 is 2.32 bits per heavy atom. The minimum atomic E-state index is -0.359. The molecule has 142 valence electrons. The summed E-state index contributed by atoms with van der Waals surface area (Å²) in [5.41, 5.74) is -0.359. The lowest BCUT2D eigenvalue weighted by Crippen LogP contribution is -2.36. The highest BCUT2D eigenvalue weighted by Gasteiger charge is 2.40. The number of amides is 2. The Morgan fingerprint density at radius 1 is 1.16 bits per heavy atom. The van der Waals surface area contributed by atoms with Crippen molar-refractivity contribution >= 4 is 23.4 Å². The van der Waals surface area contributed by atoms with Crippen molar-refractivity contribution in [2.24, 2.45) is 17.3 Å². The average molecular weight is 353 g/mol. The van der Waals surface area contributed by atoms with E-state index in [0.717, 1.165) is 4.90 Å². The van der Waals surface area contributed by atoms with E-state index >= 15 is 0 Å². The zero-order valence-corrected chi connectivity index (χ0v) is 16.1. The number of hydrogen-bond donors (Lipinski definition) is 0. The van der Waals surface area contributed by atoms with Gasteiger partial charge in [0.2, 0.25) is 11.8 Å². The maximum Gasteiger partial charge on any atom is 0.233 e. The summed E-state index contributed by atoms with van der Waals surface area (Å²) in [5, 5.41) is 0. The second-order valence-corrected chi connectivity index (χ2v) is 8.05. The predicted octanol–water partition coefficient (Wildman–Crippen LogP) is 2.39. The molecule has 6 nitrogen and oxygen atoms in total. The molecule has 0 saturated carbocycles. The number of rotatable bonds is 10. The molecule has 0 aromatic rings. The highest BCUT2D eigenvalue weighted by atomic mass is 16.5. The number of nitrogens with zero attached hydrogens (tertiary/aromatic N) is 1. The van der Waals surface area contributed by atoms with Crippen LogP contribution in [0.3, 0.4) is 0 Å². The van der Waals surface area contributed by atoms with Gasteiger partial charge in [0, 0.05) is 37.2 Å². The molecule has 2 amide bonds. The Balaban J connectivity index is 2.22. The molecule has 0 aromatic carbocycles. The summed E-state index contributed by atoms with van der Waals surface area (Å²) in [6.45, 7) is 10.0. The van der Waals surface area contributed by atoms with Crippen LogP contribution >= 0.6 is 0 Å². The monoisotopic (exact) mass is 353 g/mol. The summed E-state index contributed by atoms with van der Waals surface area (Å²) in [6.07, 6.45) is 1.35. The SMILES string of the molecule is CC(C)C1CC(=O)N(CC(=O)CCCOCCC(=O)C(C)(C)C)C1=O. The zero-order valence-electron chi connectivity index (χ0n) is 16.1. The Kier molecular flexibility index (Phi) is 7.93. The van der Waals surface area contributed by atoms with Gasteiger partial charge < -0.3 is 4.74 Å². The molecule has 1 fully saturated rings. The molecule has 0 radical (unpaired) electrons. The minimum Gasteiger partial charge on any atom is -0.381 e. The molecule has 0 aromatic heterocycles. The van der Waals surface area contributed by atoms with Crippen molar-refractivity contribution in [2.75, 3.05) is 19.8 Å². The largest absolute Gasteiger partial charge is 0.381 e. The van der Waals surface area contributed by atoms with Crippen LogP contribution in [0.5, 0.6) is 0 Å². The second-order valence-electron chi connectivity index (χ2n) is 8.05. The average Bonchev–Trinajstić information content (AvgIpc) is 2.77. The summed E-state index contributed by atoms with van der Waals surface area (Å²) in [4.78, 5) is 48.8. The van der Waals surface area contributed by atoms with E-state index in [1.807, 2.05) is 34.6 Å². The molecule has 1 aliphatic rings. The van der Waals surface area contributed by atoms with Gasteiger partial charge in [-0.3, -0.25) is 24.1 Å². The van der Waals surface area contributed by atoms with E-state index < -0.39 is 0 Å². The summed E-state index contributed by atoms with van der Waals surface area (Å²) in [5.74, 6) is -0.682. The first-order valence-corrected chi connectivity index (χ1v) is 9.01. The Labute approximate surface area is 150 Å². The van der Waals surface area contributed by atoms with E-state index in [1.165, 1.54) is 0 Å². The summed E-state index contributed by atoms with van der Waals surface area (Å²) < 4.78 is 5.39. The van der Waals surface area contributed by atoms with Crippen LogP contribution in [0.1, 0.15) is 60.3 Å². The summed E-state index contributed by atoms with van der Waals surface area (Å²) in [7, 11) is 0. The molecule has 25 heavy (non-hydrogen) atoms. The highest BCUT2D eigenvalue weighted by molar-refractivity contribution is 6.06. The van der Waals surface area contributed by atoms with Gasteiger partial charge in [0.1, 0.15) is 5.78 Å². The van der Waals surface area contributed by atoms with Crippen LogP contribution in [-0.2, 0) is 23.9 Å². The molecule has 1 unspecified atom stereocenters. The third-order valence-electron chi connectivity index (χ3n) is 4.47. The number of ether oxygens (including phenoxy) is 1. The molecule has 1 atom stereocenters. The minimum absolute atomic E-state index is 0.0979.